The average Bonchev–Trinajstić information content (AvgIpc) is 3.15. The normalized spacial score (nSPS) is 21.0. The summed E-state index contributed by atoms with van der Waals surface area (Å²) in [7, 11) is 4.18. The maximum absolute atomic E-state index is 12.6. The van der Waals surface area contributed by atoms with Crippen LogP contribution in [0.2, 0.25) is 0 Å². The molecule has 0 aliphatic carbocycles. The lowest BCUT2D eigenvalue weighted by molar-refractivity contribution is 0.0931. The maximum atomic E-state index is 12.6. The van der Waals surface area contributed by atoms with Gasteiger partial charge in [-0.05, 0) is 44.8 Å². The fourth-order valence-corrected chi connectivity index (χ4v) is 4.22. The molecule has 2 aromatic heterocycles. The van der Waals surface area contributed by atoms with Crippen molar-refractivity contribution in [1.82, 2.24) is 20.1 Å². The van der Waals surface area contributed by atoms with E-state index in [2.05, 4.69) is 40.3 Å². The van der Waals surface area contributed by atoms with E-state index in [1.165, 1.54) is 10.4 Å². The van der Waals surface area contributed by atoms with Crippen LogP contribution in [0.4, 0.5) is 0 Å². The third kappa shape index (κ3) is 4.87. The molecule has 1 aliphatic heterocycles. The second-order valence-electron chi connectivity index (χ2n) is 7.07. The molecular formula is C19H26N4OS. The molecule has 134 valence electrons. The van der Waals surface area contributed by atoms with E-state index in [1.807, 2.05) is 31.3 Å². The van der Waals surface area contributed by atoms with Crippen LogP contribution in [0.25, 0.3) is 0 Å². The van der Waals surface area contributed by atoms with Gasteiger partial charge >= 0.3 is 0 Å². The number of aromatic nitrogens is 1. The summed E-state index contributed by atoms with van der Waals surface area (Å²) in [6, 6.07) is 8.17. The molecule has 0 bridgehead atoms. The largest absolute Gasteiger partial charge is 0.347 e. The van der Waals surface area contributed by atoms with Gasteiger partial charge in [0.15, 0.2) is 0 Å². The molecule has 3 rings (SSSR count). The Balaban J connectivity index is 1.66. The third-order valence-corrected chi connectivity index (χ3v) is 5.53. The molecule has 2 aromatic rings. The van der Waals surface area contributed by atoms with E-state index >= 15 is 0 Å². The monoisotopic (exact) mass is 358 g/mol. The average molecular weight is 359 g/mol. The number of rotatable bonds is 6. The van der Waals surface area contributed by atoms with E-state index in [-0.39, 0.29) is 11.9 Å². The molecule has 5 nitrogen and oxygen atoms in total. The van der Waals surface area contributed by atoms with Crippen molar-refractivity contribution >= 4 is 17.2 Å². The molecule has 0 aromatic carbocycles. The van der Waals surface area contributed by atoms with E-state index in [1.54, 1.807) is 17.5 Å². The Kier molecular flexibility index (Phi) is 5.83. The molecule has 1 amide bonds. The molecule has 0 radical (unpaired) electrons. The molecular weight excluding hydrogens is 332 g/mol. The highest BCUT2D eigenvalue weighted by molar-refractivity contribution is 7.13. The lowest BCUT2D eigenvalue weighted by Gasteiger charge is -2.22. The number of carbonyl (C=O) groups is 1. The molecule has 1 saturated heterocycles. The van der Waals surface area contributed by atoms with Gasteiger partial charge in [-0.1, -0.05) is 6.07 Å². The first-order valence-electron chi connectivity index (χ1n) is 8.64. The first-order valence-corrected chi connectivity index (χ1v) is 9.46. The summed E-state index contributed by atoms with van der Waals surface area (Å²) in [5, 5.41) is 3.27. The SMILES string of the molecule is Cc1ccc(C(=O)N[C@@H]2CN(Cc3cccnc3)C[C@H]2CN(C)C)s1. The first kappa shape index (κ1) is 18.0. The molecule has 25 heavy (non-hydrogen) atoms. The number of likely N-dealkylation sites (tertiary alicyclic amines) is 1. The lowest BCUT2D eigenvalue weighted by Crippen LogP contribution is -2.43. The Bertz CT molecular complexity index is 700. The summed E-state index contributed by atoms with van der Waals surface area (Å²) >= 11 is 1.55. The Morgan fingerprint density at radius 1 is 1.36 bits per heavy atom. The number of hydrogen-bond acceptors (Lipinski definition) is 5. The van der Waals surface area contributed by atoms with E-state index in [9.17, 15) is 4.79 Å². The number of aryl methyl sites for hydroxylation is 1. The number of thiophene rings is 1. The number of nitrogens with one attached hydrogen (secondary N) is 1. The highest BCUT2D eigenvalue weighted by Gasteiger charge is 2.34. The summed E-state index contributed by atoms with van der Waals surface area (Å²) < 4.78 is 0. The fraction of sp³-hybridized carbons (Fsp3) is 0.474. The van der Waals surface area contributed by atoms with Gasteiger partial charge in [-0.3, -0.25) is 14.7 Å². The van der Waals surface area contributed by atoms with Gasteiger partial charge in [0.05, 0.1) is 4.88 Å². The van der Waals surface area contributed by atoms with Gasteiger partial charge in [0.1, 0.15) is 0 Å². The number of amides is 1. The van der Waals surface area contributed by atoms with Crippen LogP contribution in [-0.2, 0) is 6.54 Å². The molecule has 1 fully saturated rings. The molecule has 1 N–H and O–H groups in total. The van der Waals surface area contributed by atoms with Crippen LogP contribution >= 0.6 is 11.3 Å². The van der Waals surface area contributed by atoms with Gasteiger partial charge in [0, 0.05) is 55.4 Å². The quantitative estimate of drug-likeness (QED) is 0.860. The minimum Gasteiger partial charge on any atom is -0.347 e. The zero-order valence-electron chi connectivity index (χ0n) is 15.1. The lowest BCUT2D eigenvalue weighted by atomic mass is 10.0. The van der Waals surface area contributed by atoms with Crippen molar-refractivity contribution in [3.8, 4) is 0 Å². The van der Waals surface area contributed by atoms with Gasteiger partial charge in [0.25, 0.3) is 5.91 Å². The van der Waals surface area contributed by atoms with E-state index in [0.717, 1.165) is 31.1 Å². The second kappa shape index (κ2) is 8.08. The smallest absolute Gasteiger partial charge is 0.261 e. The molecule has 2 atom stereocenters. The van der Waals surface area contributed by atoms with E-state index < -0.39 is 0 Å². The summed E-state index contributed by atoms with van der Waals surface area (Å²) in [5.41, 5.74) is 1.21. The van der Waals surface area contributed by atoms with Crippen molar-refractivity contribution < 1.29 is 4.79 Å². The van der Waals surface area contributed by atoms with Crippen molar-refractivity contribution in [3.63, 3.8) is 0 Å². The molecule has 0 spiro atoms. The van der Waals surface area contributed by atoms with Crippen molar-refractivity contribution in [2.24, 2.45) is 5.92 Å². The second-order valence-corrected chi connectivity index (χ2v) is 8.36. The topological polar surface area (TPSA) is 48.5 Å². The summed E-state index contributed by atoms with van der Waals surface area (Å²) in [6.07, 6.45) is 3.72. The Morgan fingerprint density at radius 2 is 2.20 bits per heavy atom. The first-order chi connectivity index (χ1) is 12.0. The minimum absolute atomic E-state index is 0.0510. The standard InChI is InChI=1S/C19H26N4OS/c1-14-6-7-18(25-14)19(24)21-17-13-23(12-16(17)11-22(2)3)10-15-5-4-8-20-9-15/h4-9,16-17H,10-13H2,1-3H3,(H,21,24)/t16-,17-/m1/s1. The Labute approximate surface area is 153 Å². The summed E-state index contributed by atoms with van der Waals surface area (Å²) in [5.74, 6) is 0.478. The van der Waals surface area contributed by atoms with Gasteiger partial charge in [0.2, 0.25) is 0 Å². The Morgan fingerprint density at radius 3 is 2.84 bits per heavy atom. The number of pyridine rings is 1. The fourth-order valence-electron chi connectivity index (χ4n) is 3.45. The Hall–Kier alpha value is -1.76. The number of hydrogen-bond donors (Lipinski definition) is 1. The van der Waals surface area contributed by atoms with Gasteiger partial charge in [-0.15, -0.1) is 11.3 Å². The third-order valence-electron chi connectivity index (χ3n) is 4.53. The highest BCUT2D eigenvalue weighted by atomic mass is 32.1. The zero-order chi connectivity index (χ0) is 17.8. The number of carbonyl (C=O) groups excluding carboxylic acids is 1. The van der Waals surface area contributed by atoms with Crippen LogP contribution in [0.1, 0.15) is 20.1 Å². The summed E-state index contributed by atoms with van der Waals surface area (Å²) in [6.45, 7) is 5.74. The molecule has 1 aliphatic rings. The van der Waals surface area contributed by atoms with Gasteiger partial charge in [-0.25, -0.2) is 0 Å². The predicted molar refractivity (Wildman–Crippen MR) is 102 cm³/mol. The summed E-state index contributed by atoms with van der Waals surface area (Å²) in [4.78, 5) is 23.3. The highest BCUT2D eigenvalue weighted by Crippen LogP contribution is 2.22. The zero-order valence-corrected chi connectivity index (χ0v) is 15.9. The number of nitrogens with zero attached hydrogens (tertiary/aromatic N) is 3. The van der Waals surface area contributed by atoms with Crippen LogP contribution in [0.5, 0.6) is 0 Å². The van der Waals surface area contributed by atoms with Crippen LogP contribution in [-0.4, -0.2) is 60.5 Å². The molecule has 6 heteroatoms. The van der Waals surface area contributed by atoms with Crippen LogP contribution in [0.3, 0.4) is 0 Å². The van der Waals surface area contributed by atoms with E-state index in [0.29, 0.717) is 5.92 Å². The van der Waals surface area contributed by atoms with E-state index in [4.69, 9.17) is 0 Å². The van der Waals surface area contributed by atoms with Crippen LogP contribution in [0.15, 0.2) is 36.7 Å². The van der Waals surface area contributed by atoms with Gasteiger partial charge < -0.3 is 10.2 Å². The van der Waals surface area contributed by atoms with Crippen molar-refractivity contribution in [2.45, 2.75) is 19.5 Å². The van der Waals surface area contributed by atoms with Crippen molar-refractivity contribution in [2.75, 3.05) is 33.7 Å². The predicted octanol–water partition coefficient (Wildman–Crippen LogP) is 2.24. The van der Waals surface area contributed by atoms with Crippen molar-refractivity contribution in [3.05, 3.63) is 52.0 Å². The molecule has 0 unspecified atom stereocenters. The minimum atomic E-state index is 0.0510. The van der Waals surface area contributed by atoms with Crippen LogP contribution < -0.4 is 5.32 Å². The van der Waals surface area contributed by atoms with Crippen molar-refractivity contribution in [1.29, 1.82) is 0 Å². The maximum Gasteiger partial charge on any atom is 0.261 e. The van der Waals surface area contributed by atoms with Crippen LogP contribution in [0, 0.1) is 12.8 Å². The molecule has 3 heterocycles. The molecule has 0 saturated carbocycles. The van der Waals surface area contributed by atoms with Gasteiger partial charge in [-0.2, -0.15) is 0 Å².